The van der Waals surface area contributed by atoms with Crippen LogP contribution in [0.1, 0.15) is 45.1 Å². The fourth-order valence-electron chi connectivity index (χ4n) is 3.31. The molecule has 3 N–H and O–H groups in total. The number of nitrogens with zero attached hydrogens (tertiary/aromatic N) is 1. The Morgan fingerprint density at radius 2 is 2.00 bits per heavy atom. The lowest BCUT2D eigenvalue weighted by Gasteiger charge is -2.43. The second kappa shape index (κ2) is 11.4. The highest BCUT2D eigenvalue weighted by molar-refractivity contribution is 5.79. The number of likely N-dealkylation sites (tertiary alicyclic amines) is 1. The quantitative estimate of drug-likeness (QED) is 0.350. The largest absolute Gasteiger partial charge is 0.463 e. The van der Waals surface area contributed by atoms with Gasteiger partial charge in [-0.2, -0.15) is 0 Å². The van der Waals surface area contributed by atoms with Crippen molar-refractivity contribution in [1.82, 2.24) is 10.2 Å². The summed E-state index contributed by atoms with van der Waals surface area (Å²) in [7, 11) is 0. The highest BCUT2D eigenvalue weighted by Gasteiger charge is 2.42. The van der Waals surface area contributed by atoms with Crippen molar-refractivity contribution in [2.24, 2.45) is 11.7 Å². The third kappa shape index (κ3) is 6.57. The maximum atomic E-state index is 12.8. The van der Waals surface area contributed by atoms with E-state index in [-0.39, 0.29) is 12.7 Å². The second-order valence-electron chi connectivity index (χ2n) is 7.38. The summed E-state index contributed by atoms with van der Waals surface area (Å²) in [5.74, 6) is 0.307. The number of carbonyl (C=O) groups excluding carboxylic acids is 1. The summed E-state index contributed by atoms with van der Waals surface area (Å²) in [5.41, 5.74) is 6.03. The van der Waals surface area contributed by atoms with E-state index in [1.54, 1.807) is 0 Å². The highest BCUT2D eigenvalue weighted by atomic mass is 16.5. The molecular weight excluding hydrogens is 342 g/mol. The number of hydrogen-bond acceptors (Lipinski definition) is 6. The van der Waals surface area contributed by atoms with Gasteiger partial charge in [0.2, 0.25) is 0 Å². The van der Waals surface area contributed by atoms with Crippen molar-refractivity contribution in [3.05, 3.63) is 35.9 Å². The minimum absolute atomic E-state index is 0.231. The van der Waals surface area contributed by atoms with Crippen molar-refractivity contribution < 1.29 is 14.3 Å². The molecule has 0 saturated carbocycles. The summed E-state index contributed by atoms with van der Waals surface area (Å²) >= 11 is 0. The fourth-order valence-corrected chi connectivity index (χ4v) is 3.31. The molecule has 0 aliphatic carbocycles. The van der Waals surface area contributed by atoms with Gasteiger partial charge in [0.05, 0.1) is 19.9 Å². The van der Waals surface area contributed by atoms with Gasteiger partial charge >= 0.3 is 5.97 Å². The Morgan fingerprint density at radius 3 is 2.63 bits per heavy atom. The molecule has 1 saturated heterocycles. The minimum atomic E-state index is -0.885. The van der Waals surface area contributed by atoms with Crippen LogP contribution in [-0.2, 0) is 20.9 Å². The van der Waals surface area contributed by atoms with Gasteiger partial charge in [0.15, 0.2) is 5.66 Å². The Labute approximate surface area is 163 Å². The summed E-state index contributed by atoms with van der Waals surface area (Å²) in [6.07, 6.45) is 3.88. The number of unbranched alkanes of at least 4 members (excludes halogenated alkanes) is 1. The number of nitrogens with one attached hydrogen (secondary N) is 1. The zero-order valence-corrected chi connectivity index (χ0v) is 16.8. The van der Waals surface area contributed by atoms with Crippen LogP contribution in [-0.4, -0.2) is 49.5 Å². The normalized spacial score (nSPS) is 18.2. The van der Waals surface area contributed by atoms with E-state index in [9.17, 15) is 4.79 Å². The van der Waals surface area contributed by atoms with Gasteiger partial charge in [0.25, 0.3) is 0 Å². The lowest BCUT2D eigenvalue weighted by Crippen LogP contribution is -2.64. The van der Waals surface area contributed by atoms with Gasteiger partial charge in [0.1, 0.15) is 0 Å². The molecule has 1 aliphatic heterocycles. The van der Waals surface area contributed by atoms with E-state index in [1.165, 1.54) is 0 Å². The molecule has 1 heterocycles. The summed E-state index contributed by atoms with van der Waals surface area (Å²) < 4.78 is 11.3. The molecule has 0 bridgehead atoms. The average molecular weight is 378 g/mol. The lowest BCUT2D eigenvalue weighted by molar-refractivity contribution is -0.163. The van der Waals surface area contributed by atoms with Crippen LogP contribution >= 0.6 is 0 Å². The first-order valence-electron chi connectivity index (χ1n) is 10.1. The molecule has 1 aliphatic rings. The zero-order chi connectivity index (χ0) is 19.5. The molecule has 1 aromatic carbocycles. The fraction of sp³-hybridized carbons (Fsp3) is 0.667. The molecule has 0 unspecified atom stereocenters. The zero-order valence-electron chi connectivity index (χ0n) is 16.8. The van der Waals surface area contributed by atoms with Gasteiger partial charge in [-0.25, -0.2) is 4.79 Å². The van der Waals surface area contributed by atoms with Crippen molar-refractivity contribution >= 4 is 5.97 Å². The smallest absolute Gasteiger partial charge is 0.341 e. The summed E-state index contributed by atoms with van der Waals surface area (Å²) in [4.78, 5) is 15.0. The Morgan fingerprint density at radius 1 is 1.30 bits per heavy atom. The maximum absolute atomic E-state index is 12.8. The van der Waals surface area contributed by atoms with Crippen molar-refractivity contribution in [3.63, 3.8) is 0 Å². The van der Waals surface area contributed by atoms with Crippen LogP contribution < -0.4 is 11.1 Å². The molecule has 0 aromatic heterocycles. The lowest BCUT2D eigenvalue weighted by atomic mass is 9.94. The Balaban J connectivity index is 1.92. The third-order valence-electron chi connectivity index (χ3n) is 5.34. The number of hydrogen-bond donors (Lipinski definition) is 2. The maximum Gasteiger partial charge on any atom is 0.341 e. The first-order chi connectivity index (χ1) is 13.1. The van der Waals surface area contributed by atoms with Gasteiger partial charge in [-0.05, 0) is 44.2 Å². The van der Waals surface area contributed by atoms with Crippen LogP contribution in [0.2, 0.25) is 0 Å². The number of esters is 1. The summed E-state index contributed by atoms with van der Waals surface area (Å²) in [6.45, 7) is 7.58. The standard InChI is InChI=1S/C21H35N3O3/c1-3-4-14-27-20(25)21(2,24-12-10-18(15-22)11-13-24)23-17-26-16-19-8-6-5-7-9-19/h5-9,18,23H,3-4,10-17,22H2,1-2H3/t21-/m0/s1. The first-order valence-corrected chi connectivity index (χ1v) is 10.1. The molecule has 6 nitrogen and oxygen atoms in total. The Kier molecular flexibility index (Phi) is 9.21. The third-order valence-corrected chi connectivity index (χ3v) is 5.34. The highest BCUT2D eigenvalue weighted by Crippen LogP contribution is 2.23. The van der Waals surface area contributed by atoms with Crippen LogP contribution in [0, 0.1) is 5.92 Å². The summed E-state index contributed by atoms with van der Waals surface area (Å²) in [6, 6.07) is 10.0. The number of carbonyl (C=O) groups is 1. The average Bonchev–Trinajstić information content (AvgIpc) is 2.72. The monoisotopic (exact) mass is 377 g/mol. The Hall–Kier alpha value is -1.47. The van der Waals surface area contributed by atoms with Crippen molar-refractivity contribution in [2.45, 2.75) is 51.8 Å². The van der Waals surface area contributed by atoms with E-state index < -0.39 is 5.66 Å². The van der Waals surface area contributed by atoms with E-state index in [4.69, 9.17) is 15.2 Å². The molecule has 1 fully saturated rings. The first kappa shape index (κ1) is 21.8. The van der Waals surface area contributed by atoms with Crippen LogP contribution in [0.5, 0.6) is 0 Å². The number of benzene rings is 1. The van der Waals surface area contributed by atoms with Gasteiger partial charge < -0.3 is 15.2 Å². The van der Waals surface area contributed by atoms with Crippen molar-refractivity contribution in [2.75, 3.05) is 33.0 Å². The Bertz CT molecular complexity index is 547. The van der Waals surface area contributed by atoms with Crippen LogP contribution in [0.4, 0.5) is 0 Å². The van der Waals surface area contributed by atoms with E-state index in [0.717, 1.165) is 44.3 Å². The minimum Gasteiger partial charge on any atom is -0.463 e. The van der Waals surface area contributed by atoms with Crippen LogP contribution in [0.25, 0.3) is 0 Å². The van der Waals surface area contributed by atoms with Crippen molar-refractivity contribution in [3.8, 4) is 0 Å². The topological polar surface area (TPSA) is 76.8 Å². The molecule has 1 aromatic rings. The summed E-state index contributed by atoms with van der Waals surface area (Å²) in [5, 5.41) is 3.29. The second-order valence-corrected chi connectivity index (χ2v) is 7.38. The van der Waals surface area contributed by atoms with E-state index in [1.807, 2.05) is 37.3 Å². The van der Waals surface area contributed by atoms with Gasteiger partial charge in [-0.15, -0.1) is 0 Å². The SMILES string of the molecule is CCCCOC(=O)[C@@](C)(NCOCc1ccccc1)N1CCC(CN)CC1. The molecular formula is C21H35N3O3. The molecule has 152 valence electrons. The molecule has 0 radical (unpaired) electrons. The molecule has 1 atom stereocenters. The number of ether oxygens (including phenoxy) is 2. The van der Waals surface area contributed by atoms with Gasteiger partial charge in [-0.1, -0.05) is 43.7 Å². The van der Waals surface area contributed by atoms with E-state index in [0.29, 0.717) is 25.7 Å². The van der Waals surface area contributed by atoms with E-state index in [2.05, 4.69) is 17.1 Å². The van der Waals surface area contributed by atoms with Crippen LogP contribution in [0.3, 0.4) is 0 Å². The van der Waals surface area contributed by atoms with Gasteiger partial charge in [-0.3, -0.25) is 10.2 Å². The molecule has 0 amide bonds. The van der Waals surface area contributed by atoms with Crippen LogP contribution in [0.15, 0.2) is 30.3 Å². The van der Waals surface area contributed by atoms with Gasteiger partial charge in [0, 0.05) is 13.1 Å². The number of rotatable bonds is 11. The number of nitrogens with two attached hydrogens (primary N) is 1. The van der Waals surface area contributed by atoms with Crippen molar-refractivity contribution in [1.29, 1.82) is 0 Å². The predicted molar refractivity (Wildman–Crippen MR) is 107 cm³/mol. The molecule has 6 heteroatoms. The molecule has 27 heavy (non-hydrogen) atoms. The molecule has 2 rings (SSSR count). The molecule has 0 spiro atoms. The predicted octanol–water partition coefficient (Wildman–Crippen LogP) is 2.48. The number of piperidine rings is 1. The van der Waals surface area contributed by atoms with E-state index >= 15 is 0 Å².